The van der Waals surface area contributed by atoms with Crippen molar-refractivity contribution in [2.75, 3.05) is 45.7 Å². The third kappa shape index (κ3) is 5.51. The smallest absolute Gasteiger partial charge is 0.337 e. The first kappa shape index (κ1) is 29.6. The largest absolute Gasteiger partial charge is 0.465 e. The summed E-state index contributed by atoms with van der Waals surface area (Å²) in [5, 5.41) is 4.62. The van der Waals surface area contributed by atoms with E-state index < -0.39 is 11.9 Å². The lowest BCUT2D eigenvalue weighted by Crippen LogP contribution is -2.47. The molecule has 1 saturated heterocycles. The maximum Gasteiger partial charge on any atom is 0.337 e. The van der Waals surface area contributed by atoms with E-state index in [1.54, 1.807) is 30.3 Å². The van der Waals surface area contributed by atoms with E-state index >= 15 is 0 Å². The van der Waals surface area contributed by atoms with Gasteiger partial charge >= 0.3 is 5.97 Å². The SMILES string of the molecule is COC(=O)c1ccc(C(=O)Nc2cccc(-c3ccc(C(N)=O)c4[nH]c5cc(C(=O)N6CCN(C)CC6)ccc5c34)c2C)cc1. The van der Waals surface area contributed by atoms with Gasteiger partial charge in [-0.3, -0.25) is 14.4 Å². The number of anilines is 1. The fourth-order valence-corrected chi connectivity index (χ4v) is 5.90. The fraction of sp³-hybridized carbons (Fsp3) is 0.200. The van der Waals surface area contributed by atoms with E-state index in [1.165, 1.54) is 7.11 Å². The normalized spacial score (nSPS) is 13.6. The fourth-order valence-electron chi connectivity index (χ4n) is 5.90. The number of carbonyl (C=O) groups excluding carboxylic acids is 4. The van der Waals surface area contributed by atoms with E-state index in [9.17, 15) is 19.2 Å². The Labute approximate surface area is 259 Å². The monoisotopic (exact) mass is 603 g/mol. The van der Waals surface area contributed by atoms with E-state index in [0.717, 1.165) is 46.1 Å². The number of nitrogens with two attached hydrogens (primary N) is 1. The topological polar surface area (TPSA) is 138 Å². The molecule has 1 aliphatic heterocycles. The highest BCUT2D eigenvalue weighted by Gasteiger charge is 2.23. The number of aromatic amines is 1. The summed E-state index contributed by atoms with van der Waals surface area (Å²) in [4.78, 5) is 58.1. The highest BCUT2D eigenvalue weighted by molar-refractivity contribution is 6.20. The van der Waals surface area contributed by atoms with Crippen molar-refractivity contribution in [1.82, 2.24) is 14.8 Å². The predicted octanol–water partition coefficient (Wildman–Crippen LogP) is 4.82. The molecule has 0 aliphatic carbocycles. The van der Waals surface area contributed by atoms with Crippen molar-refractivity contribution in [2.45, 2.75) is 6.92 Å². The second kappa shape index (κ2) is 11.9. The van der Waals surface area contributed by atoms with Crippen molar-refractivity contribution in [3.05, 3.63) is 101 Å². The molecular formula is C35H33N5O5. The van der Waals surface area contributed by atoms with Crippen molar-refractivity contribution in [1.29, 1.82) is 0 Å². The second-order valence-corrected chi connectivity index (χ2v) is 11.3. The van der Waals surface area contributed by atoms with Crippen LogP contribution in [0, 0.1) is 6.92 Å². The van der Waals surface area contributed by atoms with Gasteiger partial charge in [0, 0.05) is 59.3 Å². The van der Waals surface area contributed by atoms with Crippen LogP contribution in [0.15, 0.2) is 72.8 Å². The van der Waals surface area contributed by atoms with Gasteiger partial charge in [0.1, 0.15) is 0 Å². The van der Waals surface area contributed by atoms with Gasteiger partial charge in [0.2, 0.25) is 0 Å². The summed E-state index contributed by atoms with van der Waals surface area (Å²) >= 11 is 0. The number of aromatic nitrogens is 1. The molecule has 0 atom stereocenters. The molecule has 5 aromatic rings. The molecule has 4 aromatic carbocycles. The summed E-state index contributed by atoms with van der Waals surface area (Å²) in [5.74, 6) is -1.40. The molecule has 4 N–H and O–H groups in total. The van der Waals surface area contributed by atoms with Crippen LogP contribution in [-0.4, -0.2) is 78.8 Å². The van der Waals surface area contributed by atoms with E-state index in [2.05, 4.69) is 15.2 Å². The van der Waals surface area contributed by atoms with Crippen molar-refractivity contribution in [2.24, 2.45) is 5.73 Å². The van der Waals surface area contributed by atoms with Gasteiger partial charge in [0.25, 0.3) is 17.7 Å². The maximum absolute atomic E-state index is 13.3. The number of hydrogen-bond acceptors (Lipinski definition) is 6. The van der Waals surface area contributed by atoms with Crippen LogP contribution in [0.2, 0.25) is 0 Å². The molecule has 0 bridgehead atoms. The van der Waals surface area contributed by atoms with E-state index in [0.29, 0.717) is 46.5 Å². The minimum atomic E-state index is -0.567. The third-order valence-electron chi connectivity index (χ3n) is 8.50. The van der Waals surface area contributed by atoms with Crippen LogP contribution in [0.3, 0.4) is 0 Å². The molecule has 2 heterocycles. The number of benzene rings is 4. The standard InChI is InChI=1S/C35H33N5O5/c1-20-24(5-4-6-28(20)38-33(42)21-7-9-22(10-8-21)35(44)45-3)25-13-14-27(32(36)41)31-30(25)26-12-11-23(19-29(26)37-31)34(43)40-17-15-39(2)16-18-40/h4-14,19,37H,15-18H2,1-3H3,(H2,36,41)(H,38,42). The molecule has 3 amide bonds. The molecule has 0 spiro atoms. The number of carbonyl (C=O) groups is 4. The van der Waals surface area contributed by atoms with Crippen LogP contribution in [0.5, 0.6) is 0 Å². The molecule has 6 rings (SSSR count). The van der Waals surface area contributed by atoms with Gasteiger partial charge in [-0.25, -0.2) is 4.79 Å². The Balaban J connectivity index is 1.38. The molecule has 0 radical (unpaired) electrons. The minimum Gasteiger partial charge on any atom is -0.465 e. The molecule has 1 aliphatic rings. The number of nitrogens with one attached hydrogen (secondary N) is 2. The molecule has 10 heteroatoms. The average Bonchev–Trinajstić information content (AvgIpc) is 3.44. The number of H-pyrrole nitrogens is 1. The zero-order chi connectivity index (χ0) is 31.8. The third-order valence-corrected chi connectivity index (χ3v) is 8.50. The van der Waals surface area contributed by atoms with Gasteiger partial charge < -0.3 is 30.6 Å². The molecule has 0 saturated carbocycles. The summed E-state index contributed by atoms with van der Waals surface area (Å²) in [6.07, 6.45) is 0. The Morgan fingerprint density at radius 3 is 2.22 bits per heavy atom. The quantitative estimate of drug-likeness (QED) is 0.238. The second-order valence-electron chi connectivity index (χ2n) is 11.3. The van der Waals surface area contributed by atoms with Gasteiger partial charge in [-0.2, -0.15) is 0 Å². The average molecular weight is 604 g/mol. The number of piperazine rings is 1. The lowest BCUT2D eigenvalue weighted by atomic mass is 9.93. The van der Waals surface area contributed by atoms with Gasteiger partial charge in [0.15, 0.2) is 0 Å². The molecular weight excluding hydrogens is 570 g/mol. The van der Waals surface area contributed by atoms with Crippen molar-refractivity contribution >= 4 is 51.2 Å². The minimum absolute atomic E-state index is 0.0294. The van der Waals surface area contributed by atoms with Crippen LogP contribution >= 0.6 is 0 Å². The van der Waals surface area contributed by atoms with Crippen molar-refractivity contribution < 1.29 is 23.9 Å². The Kier molecular flexibility index (Phi) is 7.82. The number of fused-ring (bicyclic) bond motifs is 3. The molecule has 45 heavy (non-hydrogen) atoms. The Morgan fingerprint density at radius 1 is 0.844 bits per heavy atom. The number of methoxy groups -OCH3 is 1. The zero-order valence-electron chi connectivity index (χ0n) is 25.3. The van der Waals surface area contributed by atoms with Crippen LogP contribution < -0.4 is 11.1 Å². The van der Waals surface area contributed by atoms with E-state index in [4.69, 9.17) is 10.5 Å². The maximum atomic E-state index is 13.3. The summed E-state index contributed by atoms with van der Waals surface area (Å²) < 4.78 is 4.73. The number of rotatable bonds is 6. The molecule has 228 valence electrons. The first-order chi connectivity index (χ1) is 21.7. The Morgan fingerprint density at radius 2 is 1.53 bits per heavy atom. The number of esters is 1. The van der Waals surface area contributed by atoms with E-state index in [1.807, 2.05) is 61.3 Å². The number of ether oxygens (including phenoxy) is 1. The molecule has 1 fully saturated rings. The summed E-state index contributed by atoms with van der Waals surface area (Å²) in [6, 6.07) is 21.0. The first-order valence-corrected chi connectivity index (χ1v) is 14.6. The highest BCUT2D eigenvalue weighted by atomic mass is 16.5. The molecule has 0 unspecified atom stereocenters. The summed E-state index contributed by atoms with van der Waals surface area (Å²) in [6.45, 7) is 4.90. The number of amides is 3. The van der Waals surface area contributed by atoms with Crippen LogP contribution in [-0.2, 0) is 4.74 Å². The number of likely N-dealkylation sites (N-methyl/N-ethyl adjacent to an activating group) is 1. The van der Waals surface area contributed by atoms with Gasteiger partial charge in [-0.15, -0.1) is 0 Å². The zero-order valence-corrected chi connectivity index (χ0v) is 25.3. The van der Waals surface area contributed by atoms with Crippen LogP contribution in [0.4, 0.5) is 5.69 Å². The van der Waals surface area contributed by atoms with Crippen molar-refractivity contribution in [3.8, 4) is 11.1 Å². The van der Waals surface area contributed by atoms with Crippen molar-refractivity contribution in [3.63, 3.8) is 0 Å². The molecule has 10 nitrogen and oxygen atoms in total. The first-order valence-electron chi connectivity index (χ1n) is 14.6. The lowest BCUT2D eigenvalue weighted by molar-refractivity contribution is 0.0599. The Hall–Kier alpha value is -5.48. The Bertz CT molecular complexity index is 1990. The van der Waals surface area contributed by atoms with Crippen LogP contribution in [0.1, 0.15) is 47.0 Å². The predicted molar refractivity (Wildman–Crippen MR) is 174 cm³/mol. The number of nitrogens with zero attached hydrogens (tertiary/aromatic N) is 2. The number of hydrogen-bond donors (Lipinski definition) is 3. The lowest BCUT2D eigenvalue weighted by Gasteiger charge is -2.32. The summed E-state index contributed by atoms with van der Waals surface area (Å²) in [5.41, 5.74) is 11.9. The highest BCUT2D eigenvalue weighted by Crippen LogP contribution is 2.39. The van der Waals surface area contributed by atoms with Gasteiger partial charge in [-0.1, -0.05) is 24.3 Å². The van der Waals surface area contributed by atoms with Gasteiger partial charge in [-0.05, 0) is 79.2 Å². The van der Waals surface area contributed by atoms with Crippen LogP contribution in [0.25, 0.3) is 32.9 Å². The summed E-state index contributed by atoms with van der Waals surface area (Å²) in [7, 11) is 3.35. The van der Waals surface area contributed by atoms with E-state index in [-0.39, 0.29) is 11.8 Å². The number of primary amides is 1. The molecule has 1 aromatic heterocycles. The van der Waals surface area contributed by atoms with Gasteiger partial charge in [0.05, 0.1) is 23.8 Å².